The van der Waals surface area contributed by atoms with Crippen molar-refractivity contribution in [2.75, 3.05) is 6.61 Å². The monoisotopic (exact) mass is 424 g/mol. The van der Waals surface area contributed by atoms with Crippen LogP contribution in [0.25, 0.3) is 0 Å². The Kier molecular flexibility index (Phi) is 8.26. The summed E-state index contributed by atoms with van der Waals surface area (Å²) in [5, 5.41) is 0. The van der Waals surface area contributed by atoms with Gasteiger partial charge in [-0.05, 0) is 61.9 Å². The first-order chi connectivity index (χ1) is 14.2. The average molecular weight is 424 g/mol. The lowest BCUT2D eigenvalue weighted by molar-refractivity contribution is -0.147. The van der Waals surface area contributed by atoms with Gasteiger partial charge in [-0.1, -0.05) is 13.3 Å². The summed E-state index contributed by atoms with van der Waals surface area (Å²) >= 11 is 0. The van der Waals surface area contributed by atoms with Crippen LogP contribution in [0, 0.1) is 0 Å². The molecule has 0 unspecified atom stereocenters. The number of hydrogen-bond acceptors (Lipinski definition) is 5. The third-order valence-electron chi connectivity index (χ3n) is 4.09. The number of benzene rings is 2. The summed E-state index contributed by atoms with van der Waals surface area (Å²) in [5.41, 5.74) is -0.758. The Hall–Kier alpha value is -3.03. The predicted octanol–water partition coefficient (Wildman–Crippen LogP) is 5.57. The van der Waals surface area contributed by atoms with Crippen LogP contribution in [0.2, 0.25) is 0 Å². The Morgan fingerprint density at radius 3 is 2.00 bits per heavy atom. The molecule has 0 radical (unpaired) electrons. The van der Waals surface area contributed by atoms with E-state index in [9.17, 15) is 22.8 Å². The zero-order chi connectivity index (χ0) is 22.1. The van der Waals surface area contributed by atoms with Gasteiger partial charge in [-0.3, -0.25) is 9.59 Å². The Balaban J connectivity index is 1.86. The number of carbonyl (C=O) groups is 2. The molecule has 5 nitrogen and oxygen atoms in total. The number of esters is 1. The maximum Gasteiger partial charge on any atom is 0.416 e. The van der Waals surface area contributed by atoms with Crippen molar-refractivity contribution >= 4 is 11.8 Å². The molecule has 0 amide bonds. The standard InChI is InChI=1S/C22H23F3O5/c1-3-4-13-28-21(27)14-20(26)15(2)29-17-9-11-19(12-10-17)30-18-7-5-16(6-8-18)22(23,24)25/h5-12,15H,3-4,13-14H2,1-2H3/t15-/m1/s1. The first-order valence-electron chi connectivity index (χ1n) is 9.49. The zero-order valence-corrected chi connectivity index (χ0v) is 16.7. The van der Waals surface area contributed by atoms with Gasteiger partial charge in [0, 0.05) is 0 Å². The average Bonchev–Trinajstić information content (AvgIpc) is 2.69. The number of carbonyl (C=O) groups excluding carboxylic acids is 2. The Labute approximate surface area is 172 Å². The van der Waals surface area contributed by atoms with Crippen molar-refractivity contribution in [2.24, 2.45) is 0 Å². The minimum atomic E-state index is -4.40. The maximum atomic E-state index is 12.6. The topological polar surface area (TPSA) is 61.8 Å². The fourth-order valence-corrected chi connectivity index (χ4v) is 2.37. The zero-order valence-electron chi connectivity index (χ0n) is 16.7. The molecule has 0 aliphatic carbocycles. The molecule has 0 aliphatic rings. The van der Waals surface area contributed by atoms with Gasteiger partial charge in [0.25, 0.3) is 0 Å². The normalized spacial score (nSPS) is 12.2. The Morgan fingerprint density at radius 2 is 1.47 bits per heavy atom. The summed E-state index contributed by atoms with van der Waals surface area (Å²) in [4.78, 5) is 23.7. The molecule has 2 aromatic carbocycles. The number of Topliss-reactive ketones (excluding diaryl/α,β-unsaturated/α-hetero) is 1. The first kappa shape index (κ1) is 23.3. The van der Waals surface area contributed by atoms with Crippen LogP contribution < -0.4 is 9.47 Å². The fourth-order valence-electron chi connectivity index (χ4n) is 2.37. The highest BCUT2D eigenvalue weighted by Gasteiger charge is 2.30. The third kappa shape index (κ3) is 7.42. The number of halogens is 3. The second-order valence-electron chi connectivity index (χ2n) is 6.57. The highest BCUT2D eigenvalue weighted by atomic mass is 19.4. The summed E-state index contributed by atoms with van der Waals surface area (Å²) in [6.45, 7) is 3.79. The maximum absolute atomic E-state index is 12.6. The molecule has 0 saturated heterocycles. The van der Waals surface area contributed by atoms with Gasteiger partial charge in [0.2, 0.25) is 0 Å². The van der Waals surface area contributed by atoms with Crippen molar-refractivity contribution in [3.8, 4) is 17.2 Å². The van der Waals surface area contributed by atoms with Gasteiger partial charge in [0.05, 0.1) is 12.2 Å². The van der Waals surface area contributed by atoms with Crippen molar-refractivity contribution in [2.45, 2.75) is 45.4 Å². The van der Waals surface area contributed by atoms with E-state index in [1.165, 1.54) is 19.1 Å². The highest BCUT2D eigenvalue weighted by molar-refractivity contribution is 5.97. The number of unbranched alkanes of at least 4 members (excludes halogenated alkanes) is 1. The van der Waals surface area contributed by atoms with Gasteiger partial charge in [0.1, 0.15) is 23.7 Å². The van der Waals surface area contributed by atoms with Crippen LogP contribution in [0.4, 0.5) is 13.2 Å². The highest BCUT2D eigenvalue weighted by Crippen LogP contribution is 2.31. The molecule has 162 valence electrons. The SMILES string of the molecule is CCCCOC(=O)CC(=O)[C@@H](C)Oc1ccc(Oc2ccc(C(F)(F)F)cc2)cc1. The molecular weight excluding hydrogens is 401 g/mol. The van der Waals surface area contributed by atoms with Crippen molar-refractivity contribution in [3.05, 3.63) is 54.1 Å². The van der Waals surface area contributed by atoms with Crippen molar-refractivity contribution in [3.63, 3.8) is 0 Å². The molecule has 0 aromatic heterocycles. The van der Waals surface area contributed by atoms with Gasteiger partial charge < -0.3 is 14.2 Å². The molecule has 2 aromatic rings. The van der Waals surface area contributed by atoms with E-state index in [0.29, 0.717) is 11.5 Å². The lowest BCUT2D eigenvalue weighted by Gasteiger charge is -2.14. The van der Waals surface area contributed by atoms with Crippen LogP contribution in [-0.4, -0.2) is 24.5 Å². The summed E-state index contributed by atoms with van der Waals surface area (Å²) in [7, 11) is 0. The van der Waals surface area contributed by atoms with Gasteiger partial charge >= 0.3 is 12.1 Å². The van der Waals surface area contributed by atoms with E-state index < -0.39 is 29.6 Å². The van der Waals surface area contributed by atoms with E-state index in [1.54, 1.807) is 24.3 Å². The van der Waals surface area contributed by atoms with Crippen LogP contribution in [0.1, 0.15) is 38.7 Å². The van der Waals surface area contributed by atoms with Gasteiger partial charge in [0.15, 0.2) is 11.9 Å². The molecule has 1 atom stereocenters. The van der Waals surface area contributed by atoms with E-state index >= 15 is 0 Å². The lowest BCUT2D eigenvalue weighted by atomic mass is 10.2. The number of ether oxygens (including phenoxy) is 3. The minimum Gasteiger partial charge on any atom is -0.483 e. The lowest BCUT2D eigenvalue weighted by Crippen LogP contribution is -2.26. The molecule has 0 spiro atoms. The summed E-state index contributed by atoms with van der Waals surface area (Å²) in [6, 6.07) is 10.6. The quantitative estimate of drug-likeness (QED) is 0.284. The molecule has 0 heterocycles. The van der Waals surface area contributed by atoms with E-state index in [-0.39, 0.29) is 18.8 Å². The predicted molar refractivity (Wildman–Crippen MR) is 104 cm³/mol. The van der Waals surface area contributed by atoms with E-state index in [0.717, 1.165) is 25.0 Å². The van der Waals surface area contributed by atoms with Crippen molar-refractivity contribution in [1.82, 2.24) is 0 Å². The van der Waals surface area contributed by atoms with Gasteiger partial charge in [-0.15, -0.1) is 0 Å². The second kappa shape index (κ2) is 10.7. The van der Waals surface area contributed by atoms with Crippen LogP contribution in [0.5, 0.6) is 17.2 Å². The van der Waals surface area contributed by atoms with Gasteiger partial charge in [-0.25, -0.2) is 0 Å². The number of hydrogen-bond donors (Lipinski definition) is 0. The minimum absolute atomic E-state index is 0.252. The fraction of sp³-hybridized carbons (Fsp3) is 0.364. The van der Waals surface area contributed by atoms with Crippen LogP contribution in [0.3, 0.4) is 0 Å². The van der Waals surface area contributed by atoms with Gasteiger partial charge in [-0.2, -0.15) is 13.2 Å². The second-order valence-corrected chi connectivity index (χ2v) is 6.57. The molecule has 8 heteroatoms. The Bertz CT molecular complexity index is 829. The van der Waals surface area contributed by atoms with E-state index in [4.69, 9.17) is 14.2 Å². The Morgan fingerprint density at radius 1 is 0.933 bits per heavy atom. The third-order valence-corrected chi connectivity index (χ3v) is 4.09. The van der Waals surface area contributed by atoms with E-state index in [2.05, 4.69) is 0 Å². The molecule has 0 aliphatic heterocycles. The first-order valence-corrected chi connectivity index (χ1v) is 9.49. The molecule has 0 bridgehead atoms. The van der Waals surface area contributed by atoms with Crippen LogP contribution >= 0.6 is 0 Å². The summed E-state index contributed by atoms with van der Waals surface area (Å²) in [5.74, 6) is 0.0446. The molecule has 0 N–H and O–H groups in total. The molecular formula is C22H23F3O5. The van der Waals surface area contributed by atoms with E-state index in [1.807, 2.05) is 6.92 Å². The molecule has 2 rings (SSSR count). The van der Waals surface area contributed by atoms with Crippen LogP contribution in [0.15, 0.2) is 48.5 Å². The smallest absolute Gasteiger partial charge is 0.416 e. The molecule has 0 saturated carbocycles. The molecule has 30 heavy (non-hydrogen) atoms. The van der Waals surface area contributed by atoms with Crippen molar-refractivity contribution in [1.29, 1.82) is 0 Å². The van der Waals surface area contributed by atoms with Crippen LogP contribution in [-0.2, 0) is 20.5 Å². The summed E-state index contributed by atoms with van der Waals surface area (Å²) < 4.78 is 53.7. The number of ketones is 1. The summed E-state index contributed by atoms with van der Waals surface area (Å²) in [6.07, 6.45) is -3.98. The van der Waals surface area contributed by atoms with Crippen molar-refractivity contribution < 1.29 is 37.0 Å². The molecule has 0 fully saturated rings. The number of rotatable bonds is 10. The number of alkyl halides is 3. The largest absolute Gasteiger partial charge is 0.483 e.